The number of amides is 1. The van der Waals surface area contributed by atoms with E-state index in [2.05, 4.69) is 35.3 Å². The number of carbonyl (C=O) groups excluding carboxylic acids is 1. The minimum absolute atomic E-state index is 0.0650. The zero-order valence-electron chi connectivity index (χ0n) is 24.4. The van der Waals surface area contributed by atoms with Crippen molar-refractivity contribution in [2.75, 3.05) is 10.0 Å². The van der Waals surface area contributed by atoms with Gasteiger partial charge in [0.25, 0.3) is 10.0 Å². The van der Waals surface area contributed by atoms with Crippen molar-refractivity contribution in [2.24, 2.45) is 0 Å². The lowest BCUT2D eigenvalue weighted by Gasteiger charge is -2.30. The van der Waals surface area contributed by atoms with E-state index in [-0.39, 0.29) is 22.8 Å². The molecule has 1 amide bonds. The van der Waals surface area contributed by atoms with Gasteiger partial charge in [-0.15, -0.1) is 0 Å². The molecule has 1 aliphatic carbocycles. The van der Waals surface area contributed by atoms with Crippen LogP contribution in [-0.4, -0.2) is 52.1 Å². The Hall–Kier alpha value is -4.39. The molecule has 43 heavy (non-hydrogen) atoms. The average Bonchev–Trinajstić information content (AvgIpc) is 2.95. The van der Waals surface area contributed by atoms with Crippen LogP contribution >= 0.6 is 0 Å². The van der Waals surface area contributed by atoms with E-state index in [1.165, 1.54) is 30.5 Å². The van der Waals surface area contributed by atoms with E-state index in [0.717, 1.165) is 31.2 Å². The van der Waals surface area contributed by atoms with Crippen molar-refractivity contribution in [3.05, 3.63) is 66.2 Å². The summed E-state index contributed by atoms with van der Waals surface area (Å²) in [6.45, 7) is 7.41. The van der Waals surface area contributed by atoms with Gasteiger partial charge in [0, 0.05) is 23.8 Å². The van der Waals surface area contributed by atoms with E-state index in [4.69, 9.17) is 4.74 Å². The summed E-state index contributed by atoms with van der Waals surface area (Å²) >= 11 is 0. The lowest BCUT2D eigenvalue weighted by molar-refractivity contribution is 0.0492. The molecule has 0 bridgehead atoms. The molecule has 0 saturated heterocycles. The Bertz CT molecular complexity index is 1740. The number of carbonyl (C=O) groups is 1. The van der Waals surface area contributed by atoms with Gasteiger partial charge < -0.3 is 15.4 Å². The van der Waals surface area contributed by atoms with Crippen LogP contribution in [0.3, 0.4) is 0 Å². The Labute approximate surface area is 249 Å². The van der Waals surface area contributed by atoms with Crippen LogP contribution in [0.4, 0.5) is 20.8 Å². The summed E-state index contributed by atoms with van der Waals surface area (Å²) in [5.74, 6) is -0.257. The molecule has 4 aromatic rings. The second-order valence-corrected chi connectivity index (χ2v) is 13.2. The fourth-order valence-corrected chi connectivity index (χ4v) is 5.92. The van der Waals surface area contributed by atoms with Gasteiger partial charge in [0.2, 0.25) is 5.95 Å². The summed E-state index contributed by atoms with van der Waals surface area (Å²) in [5.41, 5.74) is 2.30. The molecule has 0 spiro atoms. The van der Waals surface area contributed by atoms with Gasteiger partial charge in [0.1, 0.15) is 16.9 Å². The Balaban J connectivity index is 1.24. The fourth-order valence-electron chi connectivity index (χ4n) is 4.90. The summed E-state index contributed by atoms with van der Waals surface area (Å²) in [6, 6.07) is 10.7. The van der Waals surface area contributed by atoms with E-state index >= 15 is 0 Å². The van der Waals surface area contributed by atoms with E-state index < -0.39 is 27.5 Å². The maximum Gasteiger partial charge on any atom is 0.407 e. The molecule has 0 radical (unpaired) electrons. The number of ether oxygens (including phenoxy) is 1. The fraction of sp³-hybridized carbons (Fsp3) is 0.367. The lowest BCUT2D eigenvalue weighted by atomic mass is 9.91. The van der Waals surface area contributed by atoms with Gasteiger partial charge in [-0.3, -0.25) is 4.72 Å². The normalized spacial score (nSPS) is 17.3. The number of aromatic nitrogens is 4. The molecule has 1 fully saturated rings. The molecule has 11 nitrogen and oxygen atoms in total. The van der Waals surface area contributed by atoms with Gasteiger partial charge in [-0.05, 0) is 89.3 Å². The van der Waals surface area contributed by atoms with E-state index in [1.807, 2.05) is 27.7 Å². The van der Waals surface area contributed by atoms with Gasteiger partial charge in [-0.1, -0.05) is 12.1 Å². The maximum atomic E-state index is 15.0. The quantitative estimate of drug-likeness (QED) is 0.245. The van der Waals surface area contributed by atoms with Crippen LogP contribution in [0, 0.1) is 12.7 Å². The summed E-state index contributed by atoms with van der Waals surface area (Å²) in [4.78, 5) is 29.7. The van der Waals surface area contributed by atoms with Crippen molar-refractivity contribution in [3.63, 3.8) is 0 Å². The van der Waals surface area contributed by atoms with Gasteiger partial charge >= 0.3 is 6.09 Å². The zero-order valence-corrected chi connectivity index (χ0v) is 25.2. The summed E-state index contributed by atoms with van der Waals surface area (Å²) < 4.78 is 47.7. The summed E-state index contributed by atoms with van der Waals surface area (Å²) in [7, 11) is -4.04. The standard InChI is InChI=1S/C30H34FN7O4S/c1-18-15-24(19-8-13-23(22(31)16-19)38-43(40,41)26-7-5-6-14-32-26)36-25-17-33-28(37-27(18)25)34-20-9-11-21(12-10-20)35-29(39)42-30(2,3)4/h5-8,13-17,20-21,38H,9-12H2,1-4H3,(H,35,39)(H,33,34,37). The van der Waals surface area contributed by atoms with Crippen molar-refractivity contribution in [1.29, 1.82) is 0 Å². The molecule has 3 N–H and O–H groups in total. The minimum Gasteiger partial charge on any atom is -0.444 e. The first-order valence-corrected chi connectivity index (χ1v) is 15.5. The molecule has 1 saturated carbocycles. The monoisotopic (exact) mass is 607 g/mol. The minimum atomic E-state index is -4.04. The summed E-state index contributed by atoms with van der Waals surface area (Å²) in [5, 5.41) is 6.14. The Kier molecular flexibility index (Phi) is 8.45. The third-order valence-electron chi connectivity index (χ3n) is 6.94. The van der Waals surface area contributed by atoms with E-state index in [9.17, 15) is 17.6 Å². The number of alkyl carbamates (subject to hydrolysis) is 1. The number of nitrogens with zero attached hydrogens (tertiary/aromatic N) is 4. The van der Waals surface area contributed by atoms with Crippen LogP contribution in [0.2, 0.25) is 0 Å². The third kappa shape index (κ3) is 7.53. The predicted molar refractivity (Wildman–Crippen MR) is 162 cm³/mol. The molecule has 3 heterocycles. The first-order chi connectivity index (χ1) is 20.4. The number of anilines is 2. The van der Waals surface area contributed by atoms with Gasteiger partial charge in [-0.2, -0.15) is 8.42 Å². The van der Waals surface area contributed by atoms with Crippen LogP contribution in [0.5, 0.6) is 0 Å². The number of halogens is 1. The first-order valence-electron chi connectivity index (χ1n) is 14.0. The van der Waals surface area contributed by atoms with Crippen LogP contribution in [-0.2, 0) is 14.8 Å². The topological polar surface area (TPSA) is 148 Å². The van der Waals surface area contributed by atoms with Crippen LogP contribution in [0.25, 0.3) is 22.3 Å². The van der Waals surface area contributed by atoms with Crippen molar-refractivity contribution >= 4 is 38.8 Å². The number of benzene rings is 1. The largest absolute Gasteiger partial charge is 0.444 e. The number of pyridine rings is 2. The van der Waals surface area contributed by atoms with E-state index in [0.29, 0.717) is 28.2 Å². The predicted octanol–water partition coefficient (Wildman–Crippen LogP) is 5.58. The van der Waals surface area contributed by atoms with Crippen LogP contribution < -0.4 is 15.4 Å². The summed E-state index contributed by atoms with van der Waals surface area (Å²) in [6.07, 6.45) is 5.90. The highest BCUT2D eigenvalue weighted by atomic mass is 32.2. The van der Waals surface area contributed by atoms with Crippen molar-refractivity contribution in [2.45, 2.75) is 76.1 Å². The molecule has 1 aromatic carbocycles. The van der Waals surface area contributed by atoms with Crippen molar-refractivity contribution < 1.29 is 22.3 Å². The molecule has 0 aliphatic heterocycles. The highest BCUT2D eigenvalue weighted by molar-refractivity contribution is 7.92. The maximum absolute atomic E-state index is 15.0. The van der Waals surface area contributed by atoms with Crippen LogP contribution in [0.15, 0.2) is 59.9 Å². The number of fused-ring (bicyclic) bond motifs is 1. The Morgan fingerprint density at radius 3 is 2.42 bits per heavy atom. The average molecular weight is 608 g/mol. The lowest BCUT2D eigenvalue weighted by Crippen LogP contribution is -2.42. The van der Waals surface area contributed by atoms with Crippen LogP contribution in [0.1, 0.15) is 52.0 Å². The molecule has 5 rings (SSSR count). The molecule has 226 valence electrons. The molecule has 13 heteroatoms. The van der Waals surface area contributed by atoms with Gasteiger partial charge in [0.15, 0.2) is 5.03 Å². The smallest absolute Gasteiger partial charge is 0.407 e. The van der Waals surface area contributed by atoms with Crippen molar-refractivity contribution in [1.82, 2.24) is 25.3 Å². The molecular weight excluding hydrogens is 573 g/mol. The third-order valence-corrected chi connectivity index (χ3v) is 8.22. The first kappa shape index (κ1) is 30.1. The zero-order chi connectivity index (χ0) is 30.8. The number of hydrogen-bond donors (Lipinski definition) is 3. The molecule has 1 aliphatic rings. The molecule has 0 atom stereocenters. The molecular formula is C30H34FN7O4S. The Morgan fingerprint density at radius 2 is 1.74 bits per heavy atom. The number of hydrogen-bond acceptors (Lipinski definition) is 9. The van der Waals surface area contributed by atoms with Gasteiger partial charge in [0.05, 0.1) is 23.1 Å². The number of aryl methyl sites for hydroxylation is 1. The number of sulfonamides is 1. The van der Waals surface area contributed by atoms with E-state index in [1.54, 1.807) is 24.4 Å². The highest BCUT2D eigenvalue weighted by Gasteiger charge is 2.25. The number of rotatable bonds is 7. The second-order valence-electron chi connectivity index (χ2n) is 11.6. The molecule has 3 aromatic heterocycles. The molecule has 0 unspecified atom stereocenters. The van der Waals surface area contributed by atoms with Gasteiger partial charge in [-0.25, -0.2) is 29.1 Å². The second kappa shape index (κ2) is 12.1. The highest BCUT2D eigenvalue weighted by Crippen LogP contribution is 2.28. The number of nitrogens with one attached hydrogen (secondary N) is 3. The SMILES string of the molecule is Cc1cc(-c2ccc(NS(=O)(=O)c3ccccn3)c(F)c2)nc2cnc(NC3CCC(NC(=O)OC(C)(C)C)CC3)nc12. The Morgan fingerprint density at radius 1 is 1.00 bits per heavy atom. The van der Waals surface area contributed by atoms with Crippen molar-refractivity contribution in [3.8, 4) is 11.3 Å².